The summed E-state index contributed by atoms with van der Waals surface area (Å²) in [6, 6.07) is 9.52. The van der Waals surface area contributed by atoms with Gasteiger partial charge in [-0.1, -0.05) is 0 Å². The summed E-state index contributed by atoms with van der Waals surface area (Å²) in [7, 11) is 1.49. The monoisotopic (exact) mass is 386 g/mol. The number of pyridine rings is 1. The van der Waals surface area contributed by atoms with Gasteiger partial charge in [0.15, 0.2) is 0 Å². The lowest BCUT2D eigenvalue weighted by Gasteiger charge is -2.09. The van der Waals surface area contributed by atoms with Crippen LogP contribution in [0, 0.1) is 11.3 Å². The molecule has 2 rings (SSSR count). The van der Waals surface area contributed by atoms with Crippen LogP contribution in [0.1, 0.15) is 11.3 Å². The second-order valence-electron chi connectivity index (χ2n) is 3.98. The molecule has 0 N–H and O–H groups in total. The van der Waals surface area contributed by atoms with Crippen molar-refractivity contribution in [3.63, 3.8) is 0 Å². The molecule has 108 valence electrons. The molecule has 21 heavy (non-hydrogen) atoms. The van der Waals surface area contributed by atoms with Gasteiger partial charge in [-0.25, -0.2) is 13.4 Å². The first-order chi connectivity index (χ1) is 9.90. The third-order valence-corrected chi connectivity index (χ3v) is 4.49. The van der Waals surface area contributed by atoms with Crippen LogP contribution >= 0.6 is 26.6 Å². The summed E-state index contributed by atoms with van der Waals surface area (Å²) < 4.78 is 28.5. The first-order valence-electron chi connectivity index (χ1n) is 5.62. The number of hydrogen-bond donors (Lipinski definition) is 0. The third-order valence-electron chi connectivity index (χ3n) is 2.52. The molecule has 1 heterocycles. The molecule has 0 aliphatic heterocycles. The van der Waals surface area contributed by atoms with E-state index in [1.54, 1.807) is 12.1 Å². The van der Waals surface area contributed by atoms with Crippen molar-refractivity contribution in [1.29, 1.82) is 5.26 Å². The molecule has 0 saturated heterocycles. The molecule has 0 atom stereocenters. The fourth-order valence-corrected chi connectivity index (χ4v) is 2.96. The van der Waals surface area contributed by atoms with E-state index in [1.165, 1.54) is 24.4 Å². The van der Waals surface area contributed by atoms with E-state index < -0.39 is 9.05 Å². The van der Waals surface area contributed by atoms with E-state index in [-0.39, 0.29) is 11.5 Å². The highest BCUT2D eigenvalue weighted by atomic mass is 79.9. The van der Waals surface area contributed by atoms with Crippen LogP contribution in [0.25, 0.3) is 0 Å². The van der Waals surface area contributed by atoms with Gasteiger partial charge in [0.25, 0.3) is 9.05 Å². The normalized spacial score (nSPS) is 10.9. The SMILES string of the molecule is N#Cc1cc(COc2ccc(S(=O)(=O)Cl)cc2Br)ccn1. The van der Waals surface area contributed by atoms with Gasteiger partial charge in [-0.05, 0) is 51.8 Å². The number of hydrogen-bond acceptors (Lipinski definition) is 5. The van der Waals surface area contributed by atoms with Crippen molar-refractivity contribution in [2.75, 3.05) is 0 Å². The van der Waals surface area contributed by atoms with E-state index in [0.717, 1.165) is 5.56 Å². The summed E-state index contributed by atoms with van der Waals surface area (Å²) in [5.74, 6) is 0.467. The van der Waals surface area contributed by atoms with Crippen LogP contribution in [0.5, 0.6) is 5.75 Å². The van der Waals surface area contributed by atoms with Crippen molar-refractivity contribution in [3.8, 4) is 11.8 Å². The van der Waals surface area contributed by atoms with Crippen LogP contribution < -0.4 is 4.74 Å². The van der Waals surface area contributed by atoms with Crippen LogP contribution in [0.3, 0.4) is 0 Å². The van der Waals surface area contributed by atoms with Gasteiger partial charge in [0.2, 0.25) is 0 Å². The molecule has 0 bridgehead atoms. The molecule has 0 unspecified atom stereocenters. The Kier molecular flexibility index (Phi) is 4.83. The Morgan fingerprint density at radius 3 is 2.71 bits per heavy atom. The summed E-state index contributed by atoms with van der Waals surface area (Å²) in [6.07, 6.45) is 1.52. The Bertz CT molecular complexity index is 818. The molecule has 8 heteroatoms. The van der Waals surface area contributed by atoms with Gasteiger partial charge in [-0.15, -0.1) is 0 Å². The zero-order valence-electron chi connectivity index (χ0n) is 10.5. The van der Waals surface area contributed by atoms with Crippen molar-refractivity contribution in [2.45, 2.75) is 11.5 Å². The average molecular weight is 388 g/mol. The molecular weight excluding hydrogens is 380 g/mol. The summed E-state index contributed by atoms with van der Waals surface area (Å²) in [6.45, 7) is 0.225. The number of nitriles is 1. The van der Waals surface area contributed by atoms with Crippen LogP contribution in [-0.4, -0.2) is 13.4 Å². The largest absolute Gasteiger partial charge is 0.488 e. The minimum atomic E-state index is -3.78. The summed E-state index contributed by atoms with van der Waals surface area (Å²) in [5, 5.41) is 8.77. The fraction of sp³-hybridized carbons (Fsp3) is 0.0769. The minimum absolute atomic E-state index is 0.0148. The number of aromatic nitrogens is 1. The number of rotatable bonds is 4. The molecule has 0 radical (unpaired) electrons. The van der Waals surface area contributed by atoms with Gasteiger partial charge in [0, 0.05) is 16.9 Å². The number of benzene rings is 1. The second kappa shape index (κ2) is 6.43. The molecule has 1 aromatic heterocycles. The molecule has 2 aromatic rings. The molecule has 0 fully saturated rings. The standard InChI is InChI=1S/C13H8BrClN2O3S/c14-12-6-11(21(15,18)19)1-2-13(12)20-8-9-3-4-17-10(5-9)7-16/h1-6H,8H2. The van der Waals surface area contributed by atoms with E-state index in [9.17, 15) is 8.42 Å². The quantitative estimate of drug-likeness (QED) is 0.753. The van der Waals surface area contributed by atoms with Crippen molar-refractivity contribution in [2.24, 2.45) is 0 Å². The Balaban J connectivity index is 2.15. The minimum Gasteiger partial charge on any atom is -0.488 e. The van der Waals surface area contributed by atoms with E-state index in [0.29, 0.717) is 15.9 Å². The molecule has 0 spiro atoms. The highest BCUT2D eigenvalue weighted by molar-refractivity contribution is 9.10. The van der Waals surface area contributed by atoms with E-state index in [1.807, 2.05) is 6.07 Å². The van der Waals surface area contributed by atoms with Crippen molar-refractivity contribution < 1.29 is 13.2 Å². The van der Waals surface area contributed by atoms with Crippen LogP contribution in [0.2, 0.25) is 0 Å². The molecular formula is C13H8BrClN2O3S. The summed E-state index contributed by atoms with van der Waals surface area (Å²) in [5.41, 5.74) is 1.08. The average Bonchev–Trinajstić information content (AvgIpc) is 2.45. The van der Waals surface area contributed by atoms with Gasteiger partial charge in [-0.3, -0.25) is 0 Å². The van der Waals surface area contributed by atoms with E-state index in [4.69, 9.17) is 20.7 Å². The van der Waals surface area contributed by atoms with Gasteiger partial charge in [-0.2, -0.15) is 5.26 Å². The van der Waals surface area contributed by atoms with E-state index >= 15 is 0 Å². The van der Waals surface area contributed by atoms with Crippen LogP contribution in [0.4, 0.5) is 0 Å². The molecule has 5 nitrogen and oxygen atoms in total. The summed E-state index contributed by atoms with van der Waals surface area (Å²) in [4.78, 5) is 3.85. The third kappa shape index (κ3) is 4.17. The van der Waals surface area contributed by atoms with E-state index in [2.05, 4.69) is 20.9 Å². The van der Waals surface area contributed by atoms with Crippen molar-refractivity contribution >= 4 is 35.7 Å². The van der Waals surface area contributed by atoms with Gasteiger partial charge in [0.05, 0.1) is 9.37 Å². The van der Waals surface area contributed by atoms with Crippen LogP contribution in [0.15, 0.2) is 45.9 Å². The molecule has 1 aromatic carbocycles. The Labute approximate surface area is 134 Å². The number of nitrogens with zero attached hydrogens (tertiary/aromatic N) is 2. The Morgan fingerprint density at radius 1 is 1.33 bits per heavy atom. The maximum atomic E-state index is 11.2. The second-order valence-corrected chi connectivity index (χ2v) is 7.40. The lowest BCUT2D eigenvalue weighted by atomic mass is 10.2. The first-order valence-corrected chi connectivity index (χ1v) is 8.72. The van der Waals surface area contributed by atoms with Crippen molar-refractivity contribution in [3.05, 3.63) is 52.3 Å². The van der Waals surface area contributed by atoms with Crippen molar-refractivity contribution in [1.82, 2.24) is 4.98 Å². The number of ether oxygens (including phenoxy) is 1. The Hall–Kier alpha value is -1.62. The molecule has 0 aliphatic rings. The lowest BCUT2D eigenvalue weighted by Crippen LogP contribution is -1.98. The zero-order valence-corrected chi connectivity index (χ0v) is 13.6. The lowest BCUT2D eigenvalue weighted by molar-refractivity contribution is 0.304. The highest BCUT2D eigenvalue weighted by Crippen LogP contribution is 2.29. The molecule has 0 aliphatic carbocycles. The maximum absolute atomic E-state index is 11.2. The topological polar surface area (TPSA) is 80.0 Å². The predicted octanol–water partition coefficient (Wildman–Crippen LogP) is 3.22. The van der Waals surface area contributed by atoms with Gasteiger partial charge < -0.3 is 4.74 Å². The zero-order chi connectivity index (χ0) is 15.5. The Morgan fingerprint density at radius 2 is 2.10 bits per heavy atom. The maximum Gasteiger partial charge on any atom is 0.261 e. The smallest absolute Gasteiger partial charge is 0.261 e. The van der Waals surface area contributed by atoms with Gasteiger partial charge in [0.1, 0.15) is 24.1 Å². The molecule has 0 saturated carbocycles. The predicted molar refractivity (Wildman–Crippen MR) is 80.5 cm³/mol. The fourth-order valence-electron chi connectivity index (χ4n) is 1.54. The number of halogens is 2. The highest BCUT2D eigenvalue weighted by Gasteiger charge is 2.12. The molecule has 0 amide bonds. The van der Waals surface area contributed by atoms with Crippen LogP contribution in [-0.2, 0) is 15.7 Å². The first kappa shape index (κ1) is 15.8. The summed E-state index contributed by atoms with van der Waals surface area (Å²) >= 11 is 3.23. The van der Waals surface area contributed by atoms with Gasteiger partial charge >= 0.3 is 0 Å².